The maximum atomic E-state index is 13.1. The maximum Gasteiger partial charge on any atom is 0.220 e. The van der Waals surface area contributed by atoms with Crippen molar-refractivity contribution in [2.24, 2.45) is 0 Å². The minimum Gasteiger partial charge on any atom is -0.394 e. The van der Waals surface area contributed by atoms with Gasteiger partial charge in [-0.25, -0.2) is 0 Å². The number of carbonyl (C=O) groups excluding carboxylic acids is 1. The zero-order valence-electron chi connectivity index (χ0n) is 39.5. The SMILES string of the molecule is CCCC/C=C\C/C=C\CCCCCCCC(=O)NC(COC1OC(CO)C(OC2OC(CO)C(O)C(O)C2O)C(O)C1O)C(O)/C=C/CCCCCCCCCCCCCCCC. The zero-order valence-corrected chi connectivity index (χ0v) is 39.5. The Kier molecular flexibility index (Phi) is 33.9. The molecule has 14 heteroatoms. The molecular formula is C50H91NO13. The van der Waals surface area contributed by atoms with E-state index in [4.69, 9.17) is 18.9 Å². The molecule has 0 aromatic carbocycles. The minimum absolute atomic E-state index is 0.255. The van der Waals surface area contributed by atoms with Gasteiger partial charge in [-0.2, -0.15) is 0 Å². The van der Waals surface area contributed by atoms with Crippen molar-refractivity contribution in [1.29, 1.82) is 0 Å². The topological polar surface area (TPSA) is 228 Å². The number of hydrogen-bond acceptors (Lipinski definition) is 13. The van der Waals surface area contributed by atoms with E-state index in [-0.39, 0.29) is 18.9 Å². The van der Waals surface area contributed by atoms with Crippen LogP contribution in [-0.4, -0.2) is 140 Å². The number of allylic oxidation sites excluding steroid dienone is 5. The van der Waals surface area contributed by atoms with Crippen LogP contribution in [0.3, 0.4) is 0 Å². The standard InChI is InChI=1S/C50H91NO13/c1-3-5-7-9-11-13-15-17-19-20-21-23-25-27-29-31-33-39(54)38(51-42(55)34-32-30-28-26-24-22-18-16-14-12-10-8-6-4-2)37-61-49-47(60)45(58)48(41(36-53)63-49)64-50-46(59)44(57)43(56)40(35-52)62-50/h10,12,16,18,31,33,38-41,43-50,52-54,56-60H,3-9,11,13-15,17,19-30,32,34-37H2,1-2H3,(H,51,55)/b12-10-,18-16-,33-31+. The molecule has 64 heavy (non-hydrogen) atoms. The third kappa shape index (κ3) is 24.3. The van der Waals surface area contributed by atoms with E-state index in [1.165, 1.54) is 89.9 Å². The first-order chi connectivity index (χ1) is 31.1. The molecule has 9 N–H and O–H groups in total. The summed E-state index contributed by atoms with van der Waals surface area (Å²) in [7, 11) is 0. The van der Waals surface area contributed by atoms with E-state index in [0.29, 0.717) is 6.42 Å². The molecule has 1 amide bonds. The molecule has 12 unspecified atom stereocenters. The van der Waals surface area contributed by atoms with Crippen LogP contribution in [0.5, 0.6) is 0 Å². The van der Waals surface area contributed by atoms with Crippen LogP contribution in [0.1, 0.15) is 181 Å². The van der Waals surface area contributed by atoms with Gasteiger partial charge in [0.2, 0.25) is 5.91 Å². The second-order valence-corrected chi connectivity index (χ2v) is 17.9. The predicted octanol–water partition coefficient (Wildman–Crippen LogP) is 6.32. The number of amides is 1. The second-order valence-electron chi connectivity index (χ2n) is 17.9. The lowest BCUT2D eigenvalue weighted by molar-refractivity contribution is -0.359. The highest BCUT2D eigenvalue weighted by Gasteiger charge is 2.51. The van der Waals surface area contributed by atoms with Gasteiger partial charge in [-0.3, -0.25) is 4.79 Å². The molecule has 2 aliphatic rings. The van der Waals surface area contributed by atoms with Crippen molar-refractivity contribution in [3.63, 3.8) is 0 Å². The van der Waals surface area contributed by atoms with Crippen LogP contribution in [0.4, 0.5) is 0 Å². The van der Waals surface area contributed by atoms with Crippen molar-refractivity contribution < 1.29 is 64.6 Å². The van der Waals surface area contributed by atoms with Crippen LogP contribution in [-0.2, 0) is 23.7 Å². The molecule has 2 rings (SSSR count). The van der Waals surface area contributed by atoms with E-state index < -0.39 is 86.8 Å². The van der Waals surface area contributed by atoms with Crippen molar-refractivity contribution >= 4 is 5.91 Å². The van der Waals surface area contributed by atoms with Crippen LogP contribution in [0.15, 0.2) is 36.5 Å². The molecule has 2 aliphatic heterocycles. The summed E-state index contributed by atoms with van der Waals surface area (Å²) in [5.41, 5.74) is 0. The fraction of sp³-hybridized carbons (Fsp3) is 0.860. The first-order valence-electron chi connectivity index (χ1n) is 25.2. The Bertz CT molecular complexity index is 1220. The van der Waals surface area contributed by atoms with Gasteiger partial charge < -0.3 is 65.1 Å². The fourth-order valence-corrected chi connectivity index (χ4v) is 8.13. The van der Waals surface area contributed by atoms with Crippen molar-refractivity contribution in [1.82, 2.24) is 5.32 Å². The molecule has 12 atom stereocenters. The molecule has 0 spiro atoms. The lowest BCUT2D eigenvalue weighted by Gasteiger charge is -2.46. The Hall–Kier alpha value is -1.79. The number of nitrogens with one attached hydrogen (secondary N) is 1. The van der Waals surface area contributed by atoms with Crippen LogP contribution in [0.2, 0.25) is 0 Å². The van der Waals surface area contributed by atoms with Crippen molar-refractivity contribution in [3.05, 3.63) is 36.5 Å². The monoisotopic (exact) mass is 914 g/mol. The van der Waals surface area contributed by atoms with Gasteiger partial charge in [0.05, 0.1) is 32.0 Å². The Morgan fingerprint density at radius 1 is 0.562 bits per heavy atom. The summed E-state index contributed by atoms with van der Waals surface area (Å²) in [5, 5.41) is 86.7. The van der Waals surface area contributed by atoms with E-state index in [1.54, 1.807) is 6.08 Å². The van der Waals surface area contributed by atoms with E-state index in [2.05, 4.69) is 43.5 Å². The Morgan fingerprint density at radius 3 is 1.61 bits per heavy atom. The first-order valence-corrected chi connectivity index (χ1v) is 25.2. The lowest BCUT2D eigenvalue weighted by Crippen LogP contribution is -2.65. The highest BCUT2D eigenvalue weighted by atomic mass is 16.7. The van der Waals surface area contributed by atoms with Crippen molar-refractivity contribution in [3.8, 4) is 0 Å². The van der Waals surface area contributed by atoms with E-state index in [9.17, 15) is 45.6 Å². The molecule has 374 valence electrons. The van der Waals surface area contributed by atoms with Crippen LogP contribution < -0.4 is 5.32 Å². The molecule has 0 saturated carbocycles. The number of aliphatic hydroxyl groups excluding tert-OH is 8. The van der Waals surface area contributed by atoms with Crippen molar-refractivity contribution in [2.75, 3.05) is 19.8 Å². The molecular weight excluding hydrogens is 823 g/mol. The number of ether oxygens (including phenoxy) is 4. The number of hydrogen-bond donors (Lipinski definition) is 9. The normalized spacial score (nSPS) is 27.5. The van der Waals surface area contributed by atoms with Gasteiger partial charge in [0.15, 0.2) is 12.6 Å². The fourth-order valence-electron chi connectivity index (χ4n) is 8.13. The Labute approximate surface area is 385 Å². The van der Waals surface area contributed by atoms with Crippen LogP contribution in [0, 0.1) is 0 Å². The number of aliphatic hydroxyl groups is 8. The summed E-state index contributed by atoms with van der Waals surface area (Å²) < 4.78 is 22.7. The molecule has 2 saturated heterocycles. The molecule has 2 heterocycles. The summed E-state index contributed by atoms with van der Waals surface area (Å²) in [6.45, 7) is 2.72. The highest BCUT2D eigenvalue weighted by Crippen LogP contribution is 2.30. The predicted molar refractivity (Wildman–Crippen MR) is 249 cm³/mol. The van der Waals surface area contributed by atoms with Gasteiger partial charge in [0.1, 0.15) is 48.8 Å². The van der Waals surface area contributed by atoms with Gasteiger partial charge in [-0.15, -0.1) is 0 Å². The number of unbranched alkanes of at least 4 members (excludes halogenated alkanes) is 21. The average Bonchev–Trinajstić information content (AvgIpc) is 3.29. The van der Waals surface area contributed by atoms with Crippen molar-refractivity contribution in [2.45, 2.75) is 254 Å². The minimum atomic E-state index is -1.79. The maximum absolute atomic E-state index is 13.1. The van der Waals surface area contributed by atoms with Gasteiger partial charge >= 0.3 is 0 Å². The molecule has 0 bridgehead atoms. The van der Waals surface area contributed by atoms with Crippen LogP contribution in [0.25, 0.3) is 0 Å². The van der Waals surface area contributed by atoms with Gasteiger partial charge in [0.25, 0.3) is 0 Å². The van der Waals surface area contributed by atoms with E-state index >= 15 is 0 Å². The Morgan fingerprint density at radius 2 is 1.05 bits per heavy atom. The van der Waals surface area contributed by atoms with Gasteiger partial charge in [-0.1, -0.05) is 166 Å². The molecule has 0 radical (unpaired) electrons. The van der Waals surface area contributed by atoms with Gasteiger partial charge in [0, 0.05) is 6.42 Å². The quantitative estimate of drug-likeness (QED) is 0.0244. The Balaban J connectivity index is 1.87. The first kappa shape index (κ1) is 58.3. The average molecular weight is 914 g/mol. The van der Waals surface area contributed by atoms with E-state index in [0.717, 1.165) is 64.2 Å². The molecule has 0 aromatic heterocycles. The highest BCUT2D eigenvalue weighted by molar-refractivity contribution is 5.76. The summed E-state index contributed by atoms with van der Waals surface area (Å²) >= 11 is 0. The van der Waals surface area contributed by atoms with Gasteiger partial charge in [-0.05, 0) is 44.9 Å². The summed E-state index contributed by atoms with van der Waals surface area (Å²) in [5.74, 6) is -0.255. The third-order valence-electron chi connectivity index (χ3n) is 12.3. The number of rotatable bonds is 38. The molecule has 0 aromatic rings. The molecule has 14 nitrogen and oxygen atoms in total. The molecule has 0 aliphatic carbocycles. The second kappa shape index (κ2) is 37.2. The summed E-state index contributed by atoms with van der Waals surface area (Å²) in [4.78, 5) is 13.1. The largest absolute Gasteiger partial charge is 0.394 e. The van der Waals surface area contributed by atoms with E-state index in [1.807, 2.05) is 6.08 Å². The molecule has 2 fully saturated rings. The summed E-state index contributed by atoms with van der Waals surface area (Å²) in [6, 6.07) is -0.919. The smallest absolute Gasteiger partial charge is 0.220 e. The number of carbonyl (C=O) groups is 1. The van der Waals surface area contributed by atoms with Crippen LogP contribution >= 0.6 is 0 Å². The lowest BCUT2D eigenvalue weighted by atomic mass is 9.97. The third-order valence-corrected chi connectivity index (χ3v) is 12.3. The zero-order chi connectivity index (χ0) is 46.8. The summed E-state index contributed by atoms with van der Waals surface area (Å²) in [6.07, 6.45) is 24.6.